The van der Waals surface area contributed by atoms with Crippen molar-refractivity contribution in [1.82, 2.24) is 0 Å². The largest absolute Gasteiger partial charge is 0.506 e. The Morgan fingerprint density at radius 3 is 2.45 bits per heavy atom. The van der Waals surface area contributed by atoms with Crippen molar-refractivity contribution in [3.8, 4) is 5.75 Å². The molecule has 3 nitrogen and oxygen atoms in total. The smallest absolute Gasteiger partial charge is 0.341 e. The molecule has 0 aliphatic rings. The van der Waals surface area contributed by atoms with Crippen LogP contribution in [0.5, 0.6) is 5.75 Å². The van der Waals surface area contributed by atoms with Gasteiger partial charge in [0.25, 0.3) is 0 Å². The van der Waals surface area contributed by atoms with Crippen LogP contribution in [-0.2, 0) is 4.74 Å². The first kappa shape index (κ1) is 12.5. The number of aromatic hydroxyl groups is 1. The maximum atomic E-state index is 11.8. The number of phenolic OH excluding ortho intramolecular Hbond substituents is 1. The lowest BCUT2D eigenvalue weighted by molar-refractivity contribution is 0.0523. The molecule has 0 radical (unpaired) electrons. The Morgan fingerprint density at radius 2 is 1.75 bits per heavy atom. The maximum absolute atomic E-state index is 11.8. The lowest BCUT2D eigenvalue weighted by atomic mass is 10.0. The summed E-state index contributed by atoms with van der Waals surface area (Å²) in [5.41, 5.74) is 0.203. The molecule has 0 atom stereocenters. The summed E-state index contributed by atoms with van der Waals surface area (Å²) < 4.78 is 4.95. The average molecular weight is 266 g/mol. The number of fused-ring (bicyclic) bond motifs is 2. The first-order chi connectivity index (χ1) is 9.70. The van der Waals surface area contributed by atoms with E-state index in [1.165, 1.54) is 0 Å². The van der Waals surface area contributed by atoms with Gasteiger partial charge in [-0.25, -0.2) is 4.79 Å². The van der Waals surface area contributed by atoms with Gasteiger partial charge in [-0.1, -0.05) is 30.3 Å². The van der Waals surface area contributed by atoms with E-state index in [-0.39, 0.29) is 17.9 Å². The molecule has 0 bridgehead atoms. The molecular weight excluding hydrogens is 252 g/mol. The van der Waals surface area contributed by atoms with Crippen molar-refractivity contribution in [1.29, 1.82) is 0 Å². The first-order valence-electron chi connectivity index (χ1n) is 6.52. The molecule has 0 amide bonds. The van der Waals surface area contributed by atoms with Gasteiger partial charge >= 0.3 is 5.97 Å². The van der Waals surface area contributed by atoms with E-state index in [0.717, 1.165) is 16.2 Å². The van der Waals surface area contributed by atoms with Crippen molar-refractivity contribution >= 4 is 27.5 Å². The van der Waals surface area contributed by atoms with Crippen LogP contribution in [0.15, 0.2) is 48.5 Å². The standard InChI is InChI=1S/C17H14O3/c1-2-20-17(19)14-8-7-13-9-11-5-3-4-6-12(11)10-15(13)16(14)18/h3-10,18H,2H2,1H3. The SMILES string of the molecule is CCOC(=O)c1ccc2cc3ccccc3cc2c1O. The summed E-state index contributed by atoms with van der Waals surface area (Å²) in [6, 6.07) is 15.2. The van der Waals surface area contributed by atoms with E-state index in [4.69, 9.17) is 4.74 Å². The first-order valence-corrected chi connectivity index (χ1v) is 6.52. The predicted octanol–water partition coefficient (Wildman–Crippen LogP) is 3.88. The van der Waals surface area contributed by atoms with Crippen LogP contribution in [0.1, 0.15) is 17.3 Å². The van der Waals surface area contributed by atoms with Gasteiger partial charge in [-0.2, -0.15) is 0 Å². The second kappa shape index (κ2) is 4.85. The number of carbonyl (C=O) groups is 1. The number of carbonyl (C=O) groups excluding carboxylic acids is 1. The van der Waals surface area contributed by atoms with Crippen LogP contribution in [0.2, 0.25) is 0 Å². The van der Waals surface area contributed by atoms with Gasteiger partial charge in [0, 0.05) is 5.39 Å². The Kier molecular flexibility index (Phi) is 3.03. The van der Waals surface area contributed by atoms with Gasteiger partial charge in [0.05, 0.1) is 6.61 Å². The van der Waals surface area contributed by atoms with E-state index in [9.17, 15) is 9.90 Å². The predicted molar refractivity (Wildman–Crippen MR) is 79.1 cm³/mol. The molecule has 0 aliphatic heterocycles. The van der Waals surface area contributed by atoms with Crippen LogP contribution in [0.4, 0.5) is 0 Å². The van der Waals surface area contributed by atoms with Gasteiger partial charge in [-0.15, -0.1) is 0 Å². The summed E-state index contributed by atoms with van der Waals surface area (Å²) in [7, 11) is 0. The third kappa shape index (κ3) is 1.97. The van der Waals surface area contributed by atoms with Crippen molar-refractivity contribution in [3.63, 3.8) is 0 Å². The lowest BCUT2D eigenvalue weighted by Crippen LogP contribution is -2.04. The topological polar surface area (TPSA) is 46.5 Å². The molecule has 0 aliphatic carbocycles. The molecule has 3 aromatic carbocycles. The molecule has 0 heterocycles. The van der Waals surface area contributed by atoms with Gasteiger partial charge in [-0.05, 0) is 41.3 Å². The van der Waals surface area contributed by atoms with Crippen LogP contribution < -0.4 is 0 Å². The molecule has 0 spiro atoms. The molecule has 0 fully saturated rings. The molecule has 0 saturated heterocycles. The molecule has 0 aromatic heterocycles. The number of rotatable bonds is 2. The minimum atomic E-state index is -0.500. The van der Waals surface area contributed by atoms with Crippen molar-refractivity contribution in [2.24, 2.45) is 0 Å². The van der Waals surface area contributed by atoms with E-state index >= 15 is 0 Å². The zero-order valence-corrected chi connectivity index (χ0v) is 11.1. The highest BCUT2D eigenvalue weighted by molar-refractivity contribution is 6.06. The van der Waals surface area contributed by atoms with Crippen molar-refractivity contribution in [3.05, 3.63) is 54.1 Å². The fourth-order valence-electron chi connectivity index (χ4n) is 2.37. The van der Waals surface area contributed by atoms with Crippen LogP contribution in [0.25, 0.3) is 21.5 Å². The van der Waals surface area contributed by atoms with E-state index in [1.54, 1.807) is 13.0 Å². The number of phenols is 1. The monoisotopic (exact) mass is 266 g/mol. The third-order valence-corrected chi connectivity index (χ3v) is 3.35. The number of benzene rings is 3. The van der Waals surface area contributed by atoms with Crippen LogP contribution in [-0.4, -0.2) is 17.7 Å². The highest BCUT2D eigenvalue weighted by Gasteiger charge is 2.15. The number of hydrogen-bond donors (Lipinski definition) is 1. The van der Waals surface area contributed by atoms with Crippen LogP contribution in [0.3, 0.4) is 0 Å². The summed E-state index contributed by atoms with van der Waals surface area (Å²) in [4.78, 5) is 11.8. The average Bonchev–Trinajstić information content (AvgIpc) is 2.46. The molecule has 1 N–H and O–H groups in total. The fraction of sp³-hybridized carbons (Fsp3) is 0.118. The molecule has 20 heavy (non-hydrogen) atoms. The van der Waals surface area contributed by atoms with Gasteiger partial charge in [0.15, 0.2) is 0 Å². The Morgan fingerprint density at radius 1 is 1.05 bits per heavy atom. The zero-order chi connectivity index (χ0) is 14.1. The summed E-state index contributed by atoms with van der Waals surface area (Å²) in [5.74, 6) is -0.522. The molecule has 3 heteroatoms. The summed E-state index contributed by atoms with van der Waals surface area (Å²) in [5, 5.41) is 14.0. The van der Waals surface area contributed by atoms with Gasteiger partial charge in [-0.3, -0.25) is 0 Å². The molecule has 0 saturated carbocycles. The maximum Gasteiger partial charge on any atom is 0.341 e. The van der Waals surface area contributed by atoms with Gasteiger partial charge < -0.3 is 9.84 Å². The number of hydrogen-bond acceptors (Lipinski definition) is 3. The third-order valence-electron chi connectivity index (χ3n) is 3.35. The van der Waals surface area contributed by atoms with E-state index < -0.39 is 5.97 Å². The normalized spacial score (nSPS) is 10.8. The Balaban J connectivity index is 2.26. The van der Waals surface area contributed by atoms with Crippen LogP contribution in [0, 0.1) is 0 Å². The van der Waals surface area contributed by atoms with Crippen molar-refractivity contribution < 1.29 is 14.6 Å². The van der Waals surface area contributed by atoms with Crippen LogP contribution >= 0.6 is 0 Å². The minimum Gasteiger partial charge on any atom is -0.506 e. The van der Waals surface area contributed by atoms with E-state index in [2.05, 4.69) is 0 Å². The fourth-order valence-corrected chi connectivity index (χ4v) is 2.37. The van der Waals surface area contributed by atoms with E-state index in [1.807, 2.05) is 42.5 Å². The number of ether oxygens (including phenoxy) is 1. The van der Waals surface area contributed by atoms with Gasteiger partial charge in [0.2, 0.25) is 0 Å². The zero-order valence-electron chi connectivity index (χ0n) is 11.1. The molecule has 3 aromatic rings. The van der Waals surface area contributed by atoms with Crippen molar-refractivity contribution in [2.45, 2.75) is 6.92 Å². The Labute approximate surface area is 116 Å². The highest BCUT2D eigenvalue weighted by atomic mass is 16.5. The molecule has 3 rings (SSSR count). The summed E-state index contributed by atoms with van der Waals surface area (Å²) >= 11 is 0. The van der Waals surface area contributed by atoms with E-state index in [0.29, 0.717) is 5.39 Å². The second-order valence-electron chi connectivity index (χ2n) is 4.60. The Hall–Kier alpha value is -2.55. The lowest BCUT2D eigenvalue weighted by Gasteiger charge is -2.08. The molecule has 100 valence electrons. The number of esters is 1. The minimum absolute atomic E-state index is 0.0216. The Bertz CT molecular complexity index is 806. The summed E-state index contributed by atoms with van der Waals surface area (Å²) in [6.07, 6.45) is 0. The van der Waals surface area contributed by atoms with Gasteiger partial charge in [0.1, 0.15) is 11.3 Å². The second-order valence-corrected chi connectivity index (χ2v) is 4.60. The highest BCUT2D eigenvalue weighted by Crippen LogP contribution is 2.32. The summed E-state index contributed by atoms with van der Waals surface area (Å²) in [6.45, 7) is 2.03. The molecular formula is C17H14O3. The molecule has 0 unspecified atom stereocenters. The van der Waals surface area contributed by atoms with Crippen molar-refractivity contribution in [2.75, 3.05) is 6.61 Å². The quantitative estimate of drug-likeness (QED) is 0.565.